The van der Waals surface area contributed by atoms with Crippen molar-refractivity contribution in [2.75, 3.05) is 13.2 Å². The Balaban J connectivity index is 2.39. The Hall–Kier alpha value is -1.55. The maximum Gasteiger partial charge on any atom is 0.323 e. The van der Waals surface area contributed by atoms with Crippen LogP contribution in [0.1, 0.15) is 24.5 Å². The highest BCUT2D eigenvalue weighted by Crippen LogP contribution is 2.18. The molecule has 0 aliphatic heterocycles. The average Bonchev–Trinajstić information content (AvgIpc) is 2.32. The van der Waals surface area contributed by atoms with Crippen molar-refractivity contribution >= 4 is 5.97 Å². The number of rotatable bonds is 6. The first-order chi connectivity index (χ1) is 8.54. The molecule has 0 bridgehead atoms. The minimum Gasteiger partial charge on any atom is -0.493 e. The van der Waals surface area contributed by atoms with E-state index in [9.17, 15) is 4.79 Å². The Morgan fingerprint density at radius 2 is 2.11 bits per heavy atom. The van der Waals surface area contributed by atoms with E-state index in [0.29, 0.717) is 19.6 Å². The molecule has 0 radical (unpaired) electrons. The fourth-order valence-electron chi connectivity index (χ4n) is 1.62. The third kappa shape index (κ3) is 4.37. The minimum atomic E-state index is -0.615. The molecule has 0 aliphatic rings. The number of aryl methyl sites for hydroxylation is 2. The minimum absolute atomic E-state index is 0.352. The van der Waals surface area contributed by atoms with Crippen LogP contribution in [-0.2, 0) is 9.53 Å². The smallest absolute Gasteiger partial charge is 0.323 e. The molecule has 0 aliphatic carbocycles. The summed E-state index contributed by atoms with van der Waals surface area (Å²) in [7, 11) is 0. The first-order valence-corrected chi connectivity index (χ1v) is 6.17. The fourth-order valence-corrected chi connectivity index (χ4v) is 1.62. The lowest BCUT2D eigenvalue weighted by Gasteiger charge is -2.13. The summed E-state index contributed by atoms with van der Waals surface area (Å²) in [5.41, 5.74) is 7.96. The van der Waals surface area contributed by atoms with Gasteiger partial charge in [-0.2, -0.15) is 0 Å². The summed E-state index contributed by atoms with van der Waals surface area (Å²) in [6.07, 6.45) is 0.451. The molecule has 1 unspecified atom stereocenters. The van der Waals surface area contributed by atoms with E-state index in [0.717, 1.165) is 11.3 Å². The van der Waals surface area contributed by atoms with Gasteiger partial charge >= 0.3 is 5.97 Å². The second-order valence-electron chi connectivity index (χ2n) is 4.26. The molecule has 1 atom stereocenters. The predicted octanol–water partition coefficient (Wildman–Crippen LogP) is 1.96. The summed E-state index contributed by atoms with van der Waals surface area (Å²) in [5.74, 6) is 0.457. The van der Waals surface area contributed by atoms with Crippen LogP contribution in [0.15, 0.2) is 18.2 Å². The quantitative estimate of drug-likeness (QED) is 0.785. The summed E-state index contributed by atoms with van der Waals surface area (Å²) in [6, 6.07) is 5.37. The number of benzene rings is 1. The largest absolute Gasteiger partial charge is 0.493 e. The summed E-state index contributed by atoms with van der Waals surface area (Å²) >= 11 is 0. The van der Waals surface area contributed by atoms with Gasteiger partial charge in [-0.25, -0.2) is 0 Å². The molecule has 1 aromatic carbocycles. The monoisotopic (exact) mass is 251 g/mol. The predicted molar refractivity (Wildman–Crippen MR) is 70.6 cm³/mol. The topological polar surface area (TPSA) is 61.5 Å². The zero-order valence-corrected chi connectivity index (χ0v) is 11.2. The third-order valence-electron chi connectivity index (χ3n) is 2.61. The SMILES string of the molecule is CCOC(=O)C(N)CCOc1ccc(C)cc1C. The Morgan fingerprint density at radius 1 is 1.39 bits per heavy atom. The van der Waals surface area contributed by atoms with E-state index >= 15 is 0 Å². The van der Waals surface area contributed by atoms with E-state index in [-0.39, 0.29) is 5.97 Å². The Bertz CT molecular complexity index is 404. The second kappa shape index (κ2) is 7.01. The molecule has 0 fully saturated rings. The molecule has 4 heteroatoms. The molecule has 1 rings (SSSR count). The van der Waals surface area contributed by atoms with Gasteiger partial charge in [-0.15, -0.1) is 0 Å². The van der Waals surface area contributed by atoms with Crippen LogP contribution in [0.25, 0.3) is 0 Å². The number of esters is 1. The molecule has 0 heterocycles. The van der Waals surface area contributed by atoms with Gasteiger partial charge in [0, 0.05) is 6.42 Å². The number of hydrogen-bond donors (Lipinski definition) is 1. The summed E-state index contributed by atoms with van der Waals surface area (Å²) in [6.45, 7) is 6.55. The number of nitrogens with two attached hydrogens (primary N) is 1. The maximum atomic E-state index is 11.3. The third-order valence-corrected chi connectivity index (χ3v) is 2.61. The molecule has 0 spiro atoms. The fraction of sp³-hybridized carbons (Fsp3) is 0.500. The van der Waals surface area contributed by atoms with Crippen molar-refractivity contribution in [1.82, 2.24) is 0 Å². The molecule has 2 N–H and O–H groups in total. The highest BCUT2D eigenvalue weighted by atomic mass is 16.5. The second-order valence-corrected chi connectivity index (χ2v) is 4.26. The van der Waals surface area contributed by atoms with Gasteiger partial charge in [0.2, 0.25) is 0 Å². The summed E-state index contributed by atoms with van der Waals surface area (Å²) in [5, 5.41) is 0. The zero-order valence-electron chi connectivity index (χ0n) is 11.2. The van der Waals surface area contributed by atoms with Crippen molar-refractivity contribution in [3.8, 4) is 5.75 Å². The summed E-state index contributed by atoms with van der Waals surface area (Å²) in [4.78, 5) is 11.3. The van der Waals surface area contributed by atoms with E-state index in [1.165, 1.54) is 5.56 Å². The Kier molecular flexibility index (Phi) is 5.65. The van der Waals surface area contributed by atoms with E-state index in [2.05, 4.69) is 6.07 Å². The van der Waals surface area contributed by atoms with Gasteiger partial charge in [0.15, 0.2) is 0 Å². The van der Waals surface area contributed by atoms with Crippen molar-refractivity contribution in [1.29, 1.82) is 0 Å². The molecule has 18 heavy (non-hydrogen) atoms. The van der Waals surface area contributed by atoms with Crippen LogP contribution in [0.3, 0.4) is 0 Å². The van der Waals surface area contributed by atoms with Crippen LogP contribution in [-0.4, -0.2) is 25.2 Å². The molecule has 0 aromatic heterocycles. The van der Waals surface area contributed by atoms with Crippen LogP contribution in [0.2, 0.25) is 0 Å². The van der Waals surface area contributed by atoms with Gasteiger partial charge in [-0.1, -0.05) is 17.7 Å². The number of ether oxygens (including phenoxy) is 2. The Labute approximate surface area is 108 Å². The normalized spacial score (nSPS) is 12.0. The highest BCUT2D eigenvalue weighted by molar-refractivity contribution is 5.75. The average molecular weight is 251 g/mol. The van der Waals surface area contributed by atoms with Crippen LogP contribution in [0.4, 0.5) is 0 Å². The van der Waals surface area contributed by atoms with E-state index in [1.54, 1.807) is 6.92 Å². The number of hydrogen-bond acceptors (Lipinski definition) is 4. The van der Waals surface area contributed by atoms with Crippen molar-refractivity contribution < 1.29 is 14.3 Å². The Morgan fingerprint density at radius 3 is 2.72 bits per heavy atom. The van der Waals surface area contributed by atoms with Gasteiger partial charge < -0.3 is 15.2 Å². The van der Waals surface area contributed by atoms with Crippen molar-refractivity contribution in [3.05, 3.63) is 29.3 Å². The van der Waals surface area contributed by atoms with Gasteiger partial charge in [0.05, 0.1) is 13.2 Å². The first kappa shape index (κ1) is 14.5. The van der Waals surface area contributed by atoms with E-state index < -0.39 is 6.04 Å². The van der Waals surface area contributed by atoms with Gasteiger partial charge in [-0.3, -0.25) is 4.79 Å². The van der Waals surface area contributed by atoms with Crippen molar-refractivity contribution in [2.45, 2.75) is 33.2 Å². The maximum absolute atomic E-state index is 11.3. The van der Waals surface area contributed by atoms with Gasteiger partial charge in [0.25, 0.3) is 0 Å². The standard InChI is InChI=1S/C14H21NO3/c1-4-17-14(16)12(15)7-8-18-13-6-5-10(2)9-11(13)3/h5-6,9,12H,4,7-8,15H2,1-3H3. The lowest BCUT2D eigenvalue weighted by atomic mass is 10.1. The number of carbonyl (C=O) groups excluding carboxylic acids is 1. The molecule has 0 saturated carbocycles. The van der Waals surface area contributed by atoms with E-state index in [1.807, 2.05) is 26.0 Å². The molecule has 0 saturated heterocycles. The first-order valence-electron chi connectivity index (χ1n) is 6.17. The molecule has 100 valence electrons. The van der Waals surface area contributed by atoms with Gasteiger partial charge in [-0.05, 0) is 32.4 Å². The number of carbonyl (C=O) groups is 1. The summed E-state index contributed by atoms with van der Waals surface area (Å²) < 4.78 is 10.4. The highest BCUT2D eigenvalue weighted by Gasteiger charge is 2.14. The molecule has 1 aromatic rings. The van der Waals surface area contributed by atoms with Crippen molar-refractivity contribution in [3.63, 3.8) is 0 Å². The van der Waals surface area contributed by atoms with E-state index in [4.69, 9.17) is 15.2 Å². The van der Waals surface area contributed by atoms with Crippen LogP contribution >= 0.6 is 0 Å². The van der Waals surface area contributed by atoms with Gasteiger partial charge in [0.1, 0.15) is 11.8 Å². The van der Waals surface area contributed by atoms with Crippen LogP contribution in [0, 0.1) is 13.8 Å². The van der Waals surface area contributed by atoms with Crippen molar-refractivity contribution in [2.24, 2.45) is 5.73 Å². The van der Waals surface area contributed by atoms with Crippen LogP contribution < -0.4 is 10.5 Å². The molecule has 0 amide bonds. The zero-order chi connectivity index (χ0) is 13.5. The molecular weight excluding hydrogens is 230 g/mol. The lowest BCUT2D eigenvalue weighted by Crippen LogP contribution is -2.33. The lowest BCUT2D eigenvalue weighted by molar-refractivity contribution is -0.145. The molecule has 4 nitrogen and oxygen atoms in total. The molecular formula is C14H21NO3. The van der Waals surface area contributed by atoms with Crippen LogP contribution in [0.5, 0.6) is 5.75 Å².